The average molecular weight is 194 g/mol. The minimum atomic E-state index is -0.356. The molecular weight excluding hydrogens is 176 g/mol. The Bertz CT molecular complexity index is 271. The first-order chi connectivity index (χ1) is 6.77. The van der Waals surface area contributed by atoms with Gasteiger partial charge < -0.3 is 9.84 Å². The summed E-state index contributed by atoms with van der Waals surface area (Å²) in [6, 6.07) is 7.61. The van der Waals surface area contributed by atoms with E-state index in [2.05, 4.69) is 6.92 Å². The average Bonchev–Trinajstić information content (AvgIpc) is 2.26. The molecule has 14 heavy (non-hydrogen) atoms. The molecule has 2 nitrogen and oxygen atoms in total. The minimum absolute atomic E-state index is 0.356. The van der Waals surface area contributed by atoms with Crippen molar-refractivity contribution in [3.05, 3.63) is 29.8 Å². The summed E-state index contributed by atoms with van der Waals surface area (Å²) in [4.78, 5) is 0. The quantitative estimate of drug-likeness (QED) is 0.781. The van der Waals surface area contributed by atoms with Crippen LogP contribution in [-0.4, -0.2) is 12.2 Å². The SMILES string of the molecule is CCCC[C@@H](O)c1cccc(OC)c1. The highest BCUT2D eigenvalue weighted by atomic mass is 16.5. The molecule has 78 valence electrons. The van der Waals surface area contributed by atoms with Crippen molar-refractivity contribution in [3.8, 4) is 5.75 Å². The highest BCUT2D eigenvalue weighted by Gasteiger charge is 2.06. The summed E-state index contributed by atoms with van der Waals surface area (Å²) in [5, 5.41) is 9.82. The zero-order valence-corrected chi connectivity index (χ0v) is 8.86. The van der Waals surface area contributed by atoms with Crippen molar-refractivity contribution in [1.29, 1.82) is 0 Å². The Morgan fingerprint density at radius 2 is 2.21 bits per heavy atom. The van der Waals surface area contributed by atoms with E-state index in [9.17, 15) is 5.11 Å². The Morgan fingerprint density at radius 3 is 2.86 bits per heavy atom. The summed E-state index contributed by atoms with van der Waals surface area (Å²) in [5.41, 5.74) is 0.942. The Kier molecular flexibility index (Phi) is 4.47. The second kappa shape index (κ2) is 5.66. The molecule has 1 aromatic carbocycles. The van der Waals surface area contributed by atoms with E-state index in [1.807, 2.05) is 24.3 Å². The van der Waals surface area contributed by atoms with Crippen LogP contribution in [0.5, 0.6) is 5.75 Å². The van der Waals surface area contributed by atoms with Crippen LogP contribution in [0, 0.1) is 0 Å². The van der Waals surface area contributed by atoms with Gasteiger partial charge in [0.25, 0.3) is 0 Å². The standard InChI is InChI=1S/C12H18O2/c1-3-4-8-12(13)10-6-5-7-11(9-10)14-2/h5-7,9,12-13H,3-4,8H2,1-2H3/t12-/m1/s1. The van der Waals surface area contributed by atoms with Gasteiger partial charge in [0.15, 0.2) is 0 Å². The molecule has 0 aliphatic carbocycles. The van der Waals surface area contributed by atoms with Crippen LogP contribution in [0.4, 0.5) is 0 Å². The molecule has 1 aromatic rings. The molecule has 0 bridgehead atoms. The Morgan fingerprint density at radius 1 is 1.43 bits per heavy atom. The van der Waals surface area contributed by atoms with E-state index in [1.165, 1.54) is 0 Å². The van der Waals surface area contributed by atoms with E-state index in [4.69, 9.17) is 4.74 Å². The normalized spacial score (nSPS) is 12.5. The predicted molar refractivity (Wildman–Crippen MR) is 57.5 cm³/mol. The van der Waals surface area contributed by atoms with Gasteiger partial charge in [0.2, 0.25) is 0 Å². The second-order valence-corrected chi connectivity index (χ2v) is 3.43. The maximum absolute atomic E-state index is 9.82. The van der Waals surface area contributed by atoms with Crippen LogP contribution in [-0.2, 0) is 0 Å². The molecule has 0 aliphatic rings. The van der Waals surface area contributed by atoms with Gasteiger partial charge in [-0.15, -0.1) is 0 Å². The lowest BCUT2D eigenvalue weighted by Gasteiger charge is -2.11. The molecule has 1 N–H and O–H groups in total. The molecule has 0 heterocycles. The third-order valence-corrected chi connectivity index (χ3v) is 2.31. The fourth-order valence-corrected chi connectivity index (χ4v) is 1.41. The summed E-state index contributed by atoms with van der Waals surface area (Å²) >= 11 is 0. The van der Waals surface area contributed by atoms with E-state index < -0.39 is 0 Å². The van der Waals surface area contributed by atoms with Crippen LogP contribution in [0.15, 0.2) is 24.3 Å². The molecule has 1 atom stereocenters. The maximum atomic E-state index is 9.82. The van der Waals surface area contributed by atoms with Crippen LogP contribution in [0.3, 0.4) is 0 Å². The summed E-state index contributed by atoms with van der Waals surface area (Å²) in [5.74, 6) is 0.804. The predicted octanol–water partition coefficient (Wildman–Crippen LogP) is 2.92. The number of aliphatic hydroxyl groups excluding tert-OH is 1. The fourth-order valence-electron chi connectivity index (χ4n) is 1.41. The molecular formula is C12H18O2. The zero-order valence-electron chi connectivity index (χ0n) is 8.86. The summed E-state index contributed by atoms with van der Waals surface area (Å²) in [6.07, 6.45) is 2.63. The number of rotatable bonds is 5. The number of unbranched alkanes of at least 4 members (excludes halogenated alkanes) is 1. The number of hydrogen-bond acceptors (Lipinski definition) is 2. The molecule has 0 aliphatic heterocycles. The van der Waals surface area contributed by atoms with E-state index in [0.717, 1.165) is 30.6 Å². The van der Waals surface area contributed by atoms with Crippen molar-refractivity contribution in [2.24, 2.45) is 0 Å². The lowest BCUT2D eigenvalue weighted by atomic mass is 10.0. The Hall–Kier alpha value is -1.02. The largest absolute Gasteiger partial charge is 0.497 e. The van der Waals surface area contributed by atoms with Crippen molar-refractivity contribution < 1.29 is 9.84 Å². The smallest absolute Gasteiger partial charge is 0.119 e. The lowest BCUT2D eigenvalue weighted by Crippen LogP contribution is -1.97. The van der Waals surface area contributed by atoms with Crippen molar-refractivity contribution in [2.45, 2.75) is 32.3 Å². The maximum Gasteiger partial charge on any atom is 0.119 e. The van der Waals surface area contributed by atoms with Crippen LogP contribution in [0.2, 0.25) is 0 Å². The second-order valence-electron chi connectivity index (χ2n) is 3.43. The van der Waals surface area contributed by atoms with Crippen molar-refractivity contribution in [1.82, 2.24) is 0 Å². The van der Waals surface area contributed by atoms with Gasteiger partial charge >= 0.3 is 0 Å². The van der Waals surface area contributed by atoms with E-state index in [-0.39, 0.29) is 6.10 Å². The van der Waals surface area contributed by atoms with E-state index >= 15 is 0 Å². The van der Waals surface area contributed by atoms with Crippen LogP contribution in [0.1, 0.15) is 37.9 Å². The first-order valence-corrected chi connectivity index (χ1v) is 5.10. The van der Waals surface area contributed by atoms with Crippen molar-refractivity contribution >= 4 is 0 Å². The first kappa shape index (κ1) is 11.1. The molecule has 0 radical (unpaired) electrons. The van der Waals surface area contributed by atoms with E-state index in [1.54, 1.807) is 7.11 Å². The summed E-state index contributed by atoms with van der Waals surface area (Å²) in [6.45, 7) is 2.12. The molecule has 2 heteroatoms. The van der Waals surface area contributed by atoms with E-state index in [0.29, 0.717) is 0 Å². The summed E-state index contributed by atoms with van der Waals surface area (Å²) in [7, 11) is 1.64. The van der Waals surface area contributed by atoms with Crippen LogP contribution in [0.25, 0.3) is 0 Å². The van der Waals surface area contributed by atoms with Crippen molar-refractivity contribution in [3.63, 3.8) is 0 Å². The van der Waals surface area contributed by atoms with Gasteiger partial charge in [-0.3, -0.25) is 0 Å². The highest BCUT2D eigenvalue weighted by molar-refractivity contribution is 5.29. The topological polar surface area (TPSA) is 29.5 Å². The van der Waals surface area contributed by atoms with Gasteiger partial charge in [-0.2, -0.15) is 0 Å². The zero-order chi connectivity index (χ0) is 10.4. The van der Waals surface area contributed by atoms with Crippen LogP contribution < -0.4 is 4.74 Å². The first-order valence-electron chi connectivity index (χ1n) is 5.10. The molecule has 0 amide bonds. The molecule has 0 fully saturated rings. The number of aliphatic hydroxyl groups is 1. The minimum Gasteiger partial charge on any atom is -0.497 e. The third-order valence-electron chi connectivity index (χ3n) is 2.31. The van der Waals surface area contributed by atoms with Gasteiger partial charge in [0.1, 0.15) is 5.75 Å². The lowest BCUT2D eigenvalue weighted by molar-refractivity contribution is 0.164. The Labute approximate surface area is 85.5 Å². The molecule has 0 spiro atoms. The number of hydrogen-bond donors (Lipinski definition) is 1. The molecule has 0 saturated heterocycles. The molecule has 1 rings (SSSR count). The fraction of sp³-hybridized carbons (Fsp3) is 0.500. The van der Waals surface area contributed by atoms with Crippen LogP contribution >= 0.6 is 0 Å². The monoisotopic (exact) mass is 194 g/mol. The molecule has 0 aromatic heterocycles. The van der Waals surface area contributed by atoms with Gasteiger partial charge in [0.05, 0.1) is 13.2 Å². The third kappa shape index (κ3) is 3.04. The number of ether oxygens (including phenoxy) is 1. The Balaban J connectivity index is 2.64. The highest BCUT2D eigenvalue weighted by Crippen LogP contribution is 2.22. The van der Waals surface area contributed by atoms with Gasteiger partial charge in [0, 0.05) is 0 Å². The van der Waals surface area contributed by atoms with Gasteiger partial charge in [-0.1, -0.05) is 31.9 Å². The van der Waals surface area contributed by atoms with Crippen molar-refractivity contribution in [2.75, 3.05) is 7.11 Å². The molecule has 0 unspecified atom stereocenters. The van der Waals surface area contributed by atoms with Gasteiger partial charge in [-0.05, 0) is 24.1 Å². The molecule has 0 saturated carbocycles. The summed E-state index contributed by atoms with van der Waals surface area (Å²) < 4.78 is 5.10. The number of methoxy groups -OCH3 is 1. The van der Waals surface area contributed by atoms with Gasteiger partial charge in [-0.25, -0.2) is 0 Å². The number of benzene rings is 1.